The van der Waals surface area contributed by atoms with Crippen molar-refractivity contribution in [3.63, 3.8) is 0 Å². The van der Waals surface area contributed by atoms with Crippen LogP contribution in [0.25, 0.3) is 0 Å². The van der Waals surface area contributed by atoms with Crippen molar-refractivity contribution in [3.05, 3.63) is 0 Å². The maximum atomic E-state index is 13.1. The van der Waals surface area contributed by atoms with Crippen LogP contribution in [0.15, 0.2) is 0 Å². The molecule has 0 aliphatic carbocycles. The minimum atomic E-state index is -4.02. The van der Waals surface area contributed by atoms with E-state index in [1.807, 2.05) is 6.92 Å². The Morgan fingerprint density at radius 2 is 1.86 bits per heavy atom. The molecule has 0 saturated carbocycles. The van der Waals surface area contributed by atoms with Crippen LogP contribution in [0.1, 0.15) is 46.0 Å². The second-order valence-corrected chi connectivity index (χ2v) is 6.89. The molecular weight excluding hydrogens is 327 g/mol. The van der Waals surface area contributed by atoms with Crippen LogP contribution in [0.5, 0.6) is 0 Å². The number of alkyl halides is 5. The number of carbonyl (C=O) groups is 1. The van der Waals surface area contributed by atoms with Crippen LogP contribution in [0, 0.1) is 5.92 Å². The zero-order valence-electron chi connectivity index (χ0n) is 12.7. The Hall–Kier alpha value is -0.530. The average molecular weight is 350 g/mol. The van der Waals surface area contributed by atoms with Crippen LogP contribution in [-0.2, 0) is 4.79 Å². The molecule has 0 fully saturated rings. The summed E-state index contributed by atoms with van der Waals surface area (Å²) < 4.78 is 62.7. The van der Waals surface area contributed by atoms with Gasteiger partial charge in [-0.3, -0.25) is 4.79 Å². The minimum absolute atomic E-state index is 0.0439. The average Bonchev–Trinajstić information content (AvgIpc) is 2.42. The number of hydrogen-bond donors (Lipinski definition) is 1. The highest BCUT2D eigenvalue weighted by Crippen LogP contribution is 2.32. The maximum Gasteiger partial charge on any atom is 0.306 e. The Morgan fingerprint density at radius 1 is 1.27 bits per heavy atom. The molecule has 0 heterocycles. The van der Waals surface area contributed by atoms with E-state index in [1.165, 1.54) is 11.8 Å². The molecule has 0 aromatic heterocycles. The number of aliphatic carboxylic acids is 1. The van der Waals surface area contributed by atoms with Gasteiger partial charge in [-0.2, -0.15) is 11.8 Å². The third kappa shape index (κ3) is 8.19. The molecule has 132 valence electrons. The van der Waals surface area contributed by atoms with Gasteiger partial charge in [0.1, 0.15) is 0 Å². The van der Waals surface area contributed by atoms with Gasteiger partial charge >= 0.3 is 5.97 Å². The van der Waals surface area contributed by atoms with Crippen molar-refractivity contribution < 1.29 is 31.9 Å². The lowest BCUT2D eigenvalue weighted by Crippen LogP contribution is -2.35. The Labute approximate surface area is 131 Å². The van der Waals surface area contributed by atoms with E-state index < -0.39 is 36.8 Å². The van der Waals surface area contributed by atoms with Gasteiger partial charge in [0.15, 0.2) is 0 Å². The van der Waals surface area contributed by atoms with Crippen LogP contribution in [0.3, 0.4) is 0 Å². The summed E-state index contributed by atoms with van der Waals surface area (Å²) in [5.41, 5.74) is 0. The second kappa shape index (κ2) is 10.3. The van der Waals surface area contributed by atoms with Gasteiger partial charge in [0.25, 0.3) is 12.3 Å². The highest BCUT2D eigenvalue weighted by atomic mass is 32.2. The van der Waals surface area contributed by atoms with E-state index in [0.717, 1.165) is 6.42 Å². The fourth-order valence-electron chi connectivity index (χ4n) is 2.07. The van der Waals surface area contributed by atoms with Crippen molar-refractivity contribution in [2.45, 2.75) is 69.7 Å². The molecule has 3 atom stereocenters. The van der Waals surface area contributed by atoms with Gasteiger partial charge in [-0.05, 0) is 25.0 Å². The van der Waals surface area contributed by atoms with Crippen molar-refractivity contribution in [2.24, 2.45) is 5.92 Å². The molecule has 3 unspecified atom stereocenters. The molecule has 2 nitrogen and oxygen atoms in total. The van der Waals surface area contributed by atoms with Crippen molar-refractivity contribution in [2.75, 3.05) is 5.75 Å². The molecule has 0 aromatic carbocycles. The first-order valence-corrected chi connectivity index (χ1v) is 8.31. The first-order chi connectivity index (χ1) is 10.1. The van der Waals surface area contributed by atoms with Gasteiger partial charge in [-0.1, -0.05) is 20.3 Å². The number of rotatable bonds is 12. The van der Waals surface area contributed by atoms with E-state index >= 15 is 0 Å². The van der Waals surface area contributed by atoms with Crippen LogP contribution in [0.2, 0.25) is 0 Å². The third-order valence-electron chi connectivity index (χ3n) is 3.28. The molecule has 8 heteroatoms. The fraction of sp³-hybridized carbons (Fsp3) is 0.929. The lowest BCUT2D eigenvalue weighted by atomic mass is 9.98. The zero-order chi connectivity index (χ0) is 17.3. The van der Waals surface area contributed by atoms with Crippen molar-refractivity contribution in [3.8, 4) is 0 Å². The predicted molar refractivity (Wildman–Crippen MR) is 77.7 cm³/mol. The topological polar surface area (TPSA) is 37.3 Å². The standard InChI is InChI=1S/C14H23F5O2S/c1-3-5-10(13(20)21)8-9(2)22-7-4-6-14(18,19)11(15)12(16)17/h9-12H,3-8H2,1-2H3,(H,20,21). The van der Waals surface area contributed by atoms with Crippen LogP contribution in [0.4, 0.5) is 22.0 Å². The summed E-state index contributed by atoms with van der Waals surface area (Å²) in [5, 5.41) is 8.98. The smallest absolute Gasteiger partial charge is 0.306 e. The highest BCUT2D eigenvalue weighted by molar-refractivity contribution is 7.99. The van der Waals surface area contributed by atoms with E-state index in [4.69, 9.17) is 5.11 Å². The third-order valence-corrected chi connectivity index (χ3v) is 4.57. The minimum Gasteiger partial charge on any atom is -0.481 e. The zero-order valence-corrected chi connectivity index (χ0v) is 13.5. The van der Waals surface area contributed by atoms with E-state index in [-0.39, 0.29) is 17.4 Å². The normalized spacial score (nSPS) is 16.5. The van der Waals surface area contributed by atoms with Crippen LogP contribution >= 0.6 is 11.8 Å². The predicted octanol–water partition coefficient (Wildman–Crippen LogP) is 5.02. The fourth-order valence-corrected chi connectivity index (χ4v) is 3.16. The maximum absolute atomic E-state index is 13.1. The molecule has 0 amide bonds. The Morgan fingerprint density at radius 3 is 2.32 bits per heavy atom. The molecule has 1 N–H and O–H groups in total. The molecule has 22 heavy (non-hydrogen) atoms. The summed E-state index contributed by atoms with van der Waals surface area (Å²) in [5.74, 6) is -5.12. The SMILES string of the molecule is CCCC(CC(C)SCCCC(F)(F)C(F)C(F)F)C(=O)O. The Bertz CT molecular complexity index is 328. The molecule has 0 radical (unpaired) electrons. The van der Waals surface area contributed by atoms with Crippen molar-refractivity contribution >= 4 is 17.7 Å². The van der Waals surface area contributed by atoms with Crippen molar-refractivity contribution in [1.82, 2.24) is 0 Å². The molecule has 0 aliphatic rings. The lowest BCUT2D eigenvalue weighted by molar-refractivity contribution is -0.142. The van der Waals surface area contributed by atoms with E-state index in [9.17, 15) is 26.7 Å². The molecule has 0 bridgehead atoms. The molecular formula is C14H23F5O2S. The van der Waals surface area contributed by atoms with Gasteiger partial charge in [0.05, 0.1) is 5.92 Å². The largest absolute Gasteiger partial charge is 0.481 e. The quantitative estimate of drug-likeness (QED) is 0.397. The lowest BCUT2D eigenvalue weighted by Gasteiger charge is -2.20. The number of thioether (sulfide) groups is 1. The summed E-state index contributed by atoms with van der Waals surface area (Å²) in [4.78, 5) is 11.0. The van der Waals surface area contributed by atoms with Gasteiger partial charge in [0.2, 0.25) is 6.17 Å². The Kier molecular flexibility index (Phi) is 10.0. The van der Waals surface area contributed by atoms with Crippen molar-refractivity contribution in [1.29, 1.82) is 0 Å². The van der Waals surface area contributed by atoms with E-state index in [1.54, 1.807) is 6.92 Å². The number of carboxylic acids is 1. The molecule has 0 spiro atoms. The van der Waals surface area contributed by atoms with Crippen LogP contribution in [-0.4, -0.2) is 40.6 Å². The Balaban J connectivity index is 4.07. The summed E-state index contributed by atoms with van der Waals surface area (Å²) in [6.07, 6.45) is -6.44. The number of carboxylic acid groups (broad SMARTS) is 1. The summed E-state index contributed by atoms with van der Waals surface area (Å²) in [6, 6.07) is 0. The first-order valence-electron chi connectivity index (χ1n) is 7.26. The van der Waals surface area contributed by atoms with Crippen LogP contribution < -0.4 is 0 Å². The molecule has 0 rings (SSSR count). The summed E-state index contributed by atoms with van der Waals surface area (Å²) >= 11 is 1.30. The van der Waals surface area contributed by atoms with Gasteiger partial charge in [-0.15, -0.1) is 0 Å². The molecule has 0 saturated heterocycles. The van der Waals surface area contributed by atoms with Gasteiger partial charge in [0, 0.05) is 11.7 Å². The number of halogens is 5. The second-order valence-electron chi connectivity index (χ2n) is 5.34. The van der Waals surface area contributed by atoms with Gasteiger partial charge in [-0.25, -0.2) is 22.0 Å². The van der Waals surface area contributed by atoms with E-state index in [0.29, 0.717) is 12.8 Å². The number of hydrogen-bond acceptors (Lipinski definition) is 2. The molecule has 0 aliphatic heterocycles. The monoisotopic (exact) mass is 350 g/mol. The van der Waals surface area contributed by atoms with E-state index in [2.05, 4.69) is 0 Å². The molecule has 0 aromatic rings. The summed E-state index contributed by atoms with van der Waals surface area (Å²) in [7, 11) is 0. The van der Waals surface area contributed by atoms with Gasteiger partial charge < -0.3 is 5.11 Å². The first kappa shape index (κ1) is 21.5. The summed E-state index contributed by atoms with van der Waals surface area (Å²) in [6.45, 7) is 3.68. The highest BCUT2D eigenvalue weighted by Gasteiger charge is 2.45.